The quantitative estimate of drug-likeness (QED) is 0.893. The van der Waals surface area contributed by atoms with E-state index in [2.05, 4.69) is 10.6 Å². The third-order valence-electron chi connectivity index (χ3n) is 3.82. The van der Waals surface area contributed by atoms with Crippen LogP contribution in [-0.2, 0) is 4.79 Å². The summed E-state index contributed by atoms with van der Waals surface area (Å²) in [7, 11) is 0. The van der Waals surface area contributed by atoms with Gasteiger partial charge in [-0.05, 0) is 57.4 Å². The Labute approximate surface area is 119 Å². The van der Waals surface area contributed by atoms with E-state index in [1.165, 1.54) is 0 Å². The van der Waals surface area contributed by atoms with E-state index in [1.54, 1.807) is 0 Å². The molecular formula is C15H21ClN2O. The lowest BCUT2D eigenvalue weighted by Gasteiger charge is -2.34. The highest BCUT2D eigenvalue weighted by Crippen LogP contribution is 2.22. The highest BCUT2D eigenvalue weighted by Gasteiger charge is 2.34. The summed E-state index contributed by atoms with van der Waals surface area (Å²) in [6.45, 7) is 4.87. The first kappa shape index (κ1) is 14.4. The van der Waals surface area contributed by atoms with Gasteiger partial charge < -0.3 is 10.6 Å². The molecule has 2 atom stereocenters. The van der Waals surface area contributed by atoms with E-state index < -0.39 is 5.54 Å². The number of nitrogens with one attached hydrogen (secondary N) is 2. The van der Waals surface area contributed by atoms with Gasteiger partial charge in [0.2, 0.25) is 5.91 Å². The first-order valence-corrected chi connectivity index (χ1v) is 7.20. The van der Waals surface area contributed by atoms with Crippen LogP contribution in [0.15, 0.2) is 24.3 Å². The molecule has 19 heavy (non-hydrogen) atoms. The summed E-state index contributed by atoms with van der Waals surface area (Å²) in [6.07, 6.45) is 3.14. The largest absolute Gasteiger partial charge is 0.348 e. The van der Waals surface area contributed by atoms with E-state index >= 15 is 0 Å². The van der Waals surface area contributed by atoms with E-state index in [0.717, 1.165) is 31.4 Å². The molecule has 0 bridgehead atoms. The third kappa shape index (κ3) is 3.48. The van der Waals surface area contributed by atoms with Crippen LogP contribution >= 0.6 is 11.6 Å². The molecule has 1 fully saturated rings. The van der Waals surface area contributed by atoms with Crippen molar-refractivity contribution in [1.82, 2.24) is 10.6 Å². The summed E-state index contributed by atoms with van der Waals surface area (Å²) in [5.41, 5.74) is 0.589. The van der Waals surface area contributed by atoms with Crippen molar-refractivity contribution in [2.24, 2.45) is 0 Å². The summed E-state index contributed by atoms with van der Waals surface area (Å²) >= 11 is 5.98. The zero-order valence-electron chi connectivity index (χ0n) is 11.5. The Balaban J connectivity index is 2.02. The van der Waals surface area contributed by atoms with Crippen molar-refractivity contribution >= 4 is 17.5 Å². The zero-order chi connectivity index (χ0) is 13.9. The molecule has 1 aromatic carbocycles. The van der Waals surface area contributed by atoms with Crippen molar-refractivity contribution < 1.29 is 4.79 Å². The number of piperidine rings is 1. The summed E-state index contributed by atoms with van der Waals surface area (Å²) in [6, 6.07) is 7.58. The topological polar surface area (TPSA) is 41.1 Å². The van der Waals surface area contributed by atoms with Crippen molar-refractivity contribution in [3.05, 3.63) is 34.9 Å². The molecule has 0 aromatic heterocycles. The van der Waals surface area contributed by atoms with Crippen LogP contribution in [0.4, 0.5) is 0 Å². The van der Waals surface area contributed by atoms with Gasteiger partial charge in [0, 0.05) is 5.02 Å². The summed E-state index contributed by atoms with van der Waals surface area (Å²) < 4.78 is 0. The smallest absolute Gasteiger partial charge is 0.240 e. The molecule has 1 heterocycles. The zero-order valence-corrected chi connectivity index (χ0v) is 12.3. The highest BCUT2D eigenvalue weighted by atomic mass is 35.5. The first-order chi connectivity index (χ1) is 9.01. The highest BCUT2D eigenvalue weighted by molar-refractivity contribution is 6.30. The van der Waals surface area contributed by atoms with Gasteiger partial charge in [0.05, 0.1) is 11.6 Å². The van der Waals surface area contributed by atoms with Gasteiger partial charge in [-0.1, -0.05) is 23.7 Å². The van der Waals surface area contributed by atoms with E-state index in [4.69, 9.17) is 11.6 Å². The Hall–Kier alpha value is -1.06. The Morgan fingerprint density at radius 2 is 2.26 bits per heavy atom. The normalized spacial score (nSPS) is 24.8. The predicted molar refractivity (Wildman–Crippen MR) is 78.3 cm³/mol. The van der Waals surface area contributed by atoms with Crippen molar-refractivity contribution in [3.63, 3.8) is 0 Å². The van der Waals surface area contributed by atoms with Crippen LogP contribution in [0.2, 0.25) is 5.02 Å². The number of hydrogen-bond acceptors (Lipinski definition) is 2. The number of benzene rings is 1. The predicted octanol–water partition coefficient (Wildman–Crippen LogP) is 3.05. The Bertz CT molecular complexity index is 455. The lowest BCUT2D eigenvalue weighted by Crippen LogP contribution is -2.57. The van der Waals surface area contributed by atoms with E-state index in [1.807, 2.05) is 38.1 Å². The maximum Gasteiger partial charge on any atom is 0.240 e. The maximum atomic E-state index is 12.4. The molecule has 1 aliphatic heterocycles. The van der Waals surface area contributed by atoms with Gasteiger partial charge >= 0.3 is 0 Å². The minimum absolute atomic E-state index is 0.0354. The Kier molecular flexibility index (Phi) is 4.48. The Morgan fingerprint density at radius 1 is 1.47 bits per heavy atom. The van der Waals surface area contributed by atoms with Gasteiger partial charge in [0.15, 0.2) is 0 Å². The van der Waals surface area contributed by atoms with Gasteiger partial charge in [0.1, 0.15) is 0 Å². The lowest BCUT2D eigenvalue weighted by atomic mass is 9.89. The summed E-state index contributed by atoms with van der Waals surface area (Å²) in [4.78, 5) is 12.4. The molecule has 0 aliphatic carbocycles. The van der Waals surface area contributed by atoms with Crippen LogP contribution in [0.3, 0.4) is 0 Å². The number of hydrogen-bond donors (Lipinski definition) is 2. The van der Waals surface area contributed by atoms with E-state index in [-0.39, 0.29) is 11.9 Å². The molecule has 1 saturated heterocycles. The van der Waals surface area contributed by atoms with Crippen molar-refractivity contribution in [2.75, 3.05) is 6.54 Å². The van der Waals surface area contributed by atoms with Crippen LogP contribution in [0.1, 0.15) is 44.7 Å². The molecule has 1 amide bonds. The second-order valence-electron chi connectivity index (χ2n) is 5.47. The maximum absolute atomic E-state index is 12.4. The number of amides is 1. The average Bonchev–Trinajstić information content (AvgIpc) is 2.39. The average molecular weight is 281 g/mol. The third-order valence-corrected chi connectivity index (χ3v) is 4.05. The second-order valence-corrected chi connectivity index (χ2v) is 5.90. The monoisotopic (exact) mass is 280 g/mol. The van der Waals surface area contributed by atoms with Crippen LogP contribution in [-0.4, -0.2) is 18.0 Å². The first-order valence-electron chi connectivity index (χ1n) is 6.83. The number of halogens is 1. The van der Waals surface area contributed by atoms with E-state index in [9.17, 15) is 4.79 Å². The molecule has 2 unspecified atom stereocenters. The number of carbonyl (C=O) groups excluding carboxylic acids is 1. The standard InChI is InChI=1S/C15H21ClN2O/c1-11(12-6-5-7-13(16)10-12)18-14(19)15(2)8-3-4-9-17-15/h5-7,10-11,17H,3-4,8-9H2,1-2H3,(H,18,19). The fourth-order valence-electron chi connectivity index (χ4n) is 2.47. The molecule has 1 aromatic rings. The lowest BCUT2D eigenvalue weighted by molar-refractivity contribution is -0.128. The molecule has 4 heteroatoms. The van der Waals surface area contributed by atoms with Gasteiger partial charge in [-0.3, -0.25) is 4.79 Å². The Morgan fingerprint density at radius 3 is 2.89 bits per heavy atom. The summed E-state index contributed by atoms with van der Waals surface area (Å²) in [5.74, 6) is 0.0691. The molecule has 104 valence electrons. The molecule has 1 aliphatic rings. The number of rotatable bonds is 3. The minimum Gasteiger partial charge on any atom is -0.348 e. The van der Waals surface area contributed by atoms with Crippen molar-refractivity contribution in [2.45, 2.75) is 44.7 Å². The van der Waals surface area contributed by atoms with Crippen molar-refractivity contribution in [1.29, 1.82) is 0 Å². The van der Waals surface area contributed by atoms with Gasteiger partial charge in [0.25, 0.3) is 0 Å². The molecule has 2 rings (SSSR count). The molecule has 3 nitrogen and oxygen atoms in total. The van der Waals surface area contributed by atoms with Crippen LogP contribution in [0.25, 0.3) is 0 Å². The molecule has 2 N–H and O–H groups in total. The molecule has 0 saturated carbocycles. The number of carbonyl (C=O) groups is 1. The van der Waals surface area contributed by atoms with E-state index in [0.29, 0.717) is 5.02 Å². The van der Waals surface area contributed by atoms with Crippen LogP contribution in [0, 0.1) is 0 Å². The SMILES string of the molecule is CC(NC(=O)C1(C)CCCCN1)c1cccc(Cl)c1. The van der Waals surface area contributed by atoms with Gasteiger partial charge in [-0.25, -0.2) is 0 Å². The summed E-state index contributed by atoms with van der Waals surface area (Å²) in [5, 5.41) is 7.09. The molecule has 0 spiro atoms. The van der Waals surface area contributed by atoms with Crippen LogP contribution in [0.5, 0.6) is 0 Å². The molecular weight excluding hydrogens is 260 g/mol. The fraction of sp³-hybridized carbons (Fsp3) is 0.533. The van der Waals surface area contributed by atoms with Crippen molar-refractivity contribution in [3.8, 4) is 0 Å². The van der Waals surface area contributed by atoms with Gasteiger partial charge in [-0.15, -0.1) is 0 Å². The van der Waals surface area contributed by atoms with Crippen LogP contribution < -0.4 is 10.6 Å². The fourth-order valence-corrected chi connectivity index (χ4v) is 2.66. The minimum atomic E-state index is -0.439. The molecule has 0 radical (unpaired) electrons. The van der Waals surface area contributed by atoms with Gasteiger partial charge in [-0.2, -0.15) is 0 Å². The second kappa shape index (κ2) is 5.93.